The molecular formula is C32H41N3O5. The minimum absolute atomic E-state index is 0.0511. The molecule has 3 N–H and O–H groups in total. The van der Waals surface area contributed by atoms with Crippen molar-refractivity contribution >= 4 is 17.9 Å². The molecule has 1 fully saturated rings. The van der Waals surface area contributed by atoms with Crippen LogP contribution in [0.1, 0.15) is 82.5 Å². The third-order valence-electron chi connectivity index (χ3n) is 6.89. The first-order valence-electron chi connectivity index (χ1n) is 14.0. The lowest BCUT2D eigenvalue weighted by molar-refractivity contribution is -0.142. The molecule has 3 amide bonds. The molecule has 40 heavy (non-hydrogen) atoms. The molecule has 1 aliphatic rings. The molecule has 3 rings (SSSR count). The van der Waals surface area contributed by atoms with Crippen LogP contribution in [0.15, 0.2) is 48.5 Å². The highest BCUT2D eigenvalue weighted by atomic mass is 16.6. The van der Waals surface area contributed by atoms with E-state index in [0.29, 0.717) is 11.1 Å². The largest absolute Gasteiger partial charge is 0.508 e. The number of carbonyl (C=O) groups is 3. The van der Waals surface area contributed by atoms with Crippen LogP contribution < -0.4 is 10.6 Å². The Hall–Kier alpha value is -3.99. The number of hydrogen-bond donors (Lipinski definition) is 3. The van der Waals surface area contributed by atoms with E-state index in [1.165, 1.54) is 17.0 Å². The molecule has 2 unspecified atom stereocenters. The Morgan fingerprint density at radius 3 is 2.23 bits per heavy atom. The molecular weight excluding hydrogens is 506 g/mol. The number of ether oxygens (including phenoxy) is 1. The van der Waals surface area contributed by atoms with Crippen LogP contribution in [-0.4, -0.2) is 52.1 Å². The van der Waals surface area contributed by atoms with Crippen molar-refractivity contribution in [1.29, 1.82) is 0 Å². The number of rotatable bonds is 9. The van der Waals surface area contributed by atoms with Gasteiger partial charge in [0.1, 0.15) is 23.4 Å². The lowest BCUT2D eigenvalue weighted by atomic mass is 9.94. The Morgan fingerprint density at radius 2 is 1.68 bits per heavy atom. The number of terminal acetylenes is 1. The first-order valence-corrected chi connectivity index (χ1v) is 14.0. The summed E-state index contributed by atoms with van der Waals surface area (Å²) >= 11 is 0. The predicted molar refractivity (Wildman–Crippen MR) is 154 cm³/mol. The Kier molecular flexibility index (Phi) is 10.6. The van der Waals surface area contributed by atoms with Crippen LogP contribution in [0.5, 0.6) is 5.75 Å². The SMILES string of the molecule is C#Cc1ccc(C(C(=O)NC2CCCCC2)N(CC)C(=O)C(Cc2ccc(O)cc2)NC(=O)OC(C)(C)C)cc1. The molecule has 0 heterocycles. The normalized spacial score (nSPS) is 15.3. The molecule has 2 aromatic carbocycles. The molecule has 214 valence electrons. The van der Waals surface area contributed by atoms with Crippen LogP contribution in [0.3, 0.4) is 0 Å². The summed E-state index contributed by atoms with van der Waals surface area (Å²) in [6.45, 7) is 7.26. The Labute approximate surface area is 237 Å². The lowest BCUT2D eigenvalue weighted by Gasteiger charge is -2.35. The summed E-state index contributed by atoms with van der Waals surface area (Å²) < 4.78 is 5.45. The molecule has 0 aromatic heterocycles. The number of amides is 3. The second-order valence-corrected chi connectivity index (χ2v) is 11.2. The van der Waals surface area contributed by atoms with E-state index in [4.69, 9.17) is 11.2 Å². The van der Waals surface area contributed by atoms with Crippen molar-refractivity contribution in [2.75, 3.05) is 6.54 Å². The van der Waals surface area contributed by atoms with Crippen LogP contribution in [0.4, 0.5) is 4.79 Å². The van der Waals surface area contributed by atoms with Gasteiger partial charge in [-0.2, -0.15) is 0 Å². The number of likely N-dealkylation sites (N-methyl/N-ethyl adjacent to an activating group) is 1. The molecule has 1 saturated carbocycles. The van der Waals surface area contributed by atoms with Crippen molar-refractivity contribution in [2.24, 2.45) is 0 Å². The molecule has 0 radical (unpaired) electrons. The summed E-state index contributed by atoms with van der Waals surface area (Å²) in [6, 6.07) is 11.6. The summed E-state index contributed by atoms with van der Waals surface area (Å²) in [5.74, 6) is 1.99. The first-order chi connectivity index (χ1) is 19.0. The fraction of sp³-hybridized carbons (Fsp3) is 0.469. The molecule has 2 atom stereocenters. The van der Waals surface area contributed by atoms with Crippen molar-refractivity contribution in [3.63, 3.8) is 0 Å². The summed E-state index contributed by atoms with van der Waals surface area (Å²) in [6.07, 6.45) is 10.0. The number of phenolic OH excluding ortho intramolecular Hbond substituents is 1. The number of alkyl carbamates (subject to hydrolysis) is 1. The second kappa shape index (κ2) is 13.9. The van der Waals surface area contributed by atoms with Gasteiger partial charge in [-0.3, -0.25) is 9.59 Å². The lowest BCUT2D eigenvalue weighted by Crippen LogP contribution is -2.54. The average Bonchev–Trinajstić information content (AvgIpc) is 2.91. The van der Waals surface area contributed by atoms with Gasteiger partial charge in [-0.1, -0.05) is 49.4 Å². The predicted octanol–water partition coefficient (Wildman–Crippen LogP) is 4.85. The third-order valence-corrected chi connectivity index (χ3v) is 6.89. The number of carbonyl (C=O) groups excluding carboxylic acids is 3. The molecule has 0 aliphatic heterocycles. The highest BCUT2D eigenvalue weighted by Gasteiger charge is 2.36. The molecule has 0 bridgehead atoms. The fourth-order valence-corrected chi connectivity index (χ4v) is 4.94. The van der Waals surface area contributed by atoms with E-state index in [1.807, 2.05) is 0 Å². The highest BCUT2D eigenvalue weighted by molar-refractivity contribution is 5.92. The molecule has 0 saturated heterocycles. The number of aromatic hydroxyl groups is 1. The van der Waals surface area contributed by atoms with Crippen molar-refractivity contribution < 1.29 is 24.2 Å². The van der Waals surface area contributed by atoms with Gasteiger partial charge < -0.3 is 25.4 Å². The quantitative estimate of drug-likeness (QED) is 0.389. The van der Waals surface area contributed by atoms with Crippen LogP contribution in [0, 0.1) is 12.3 Å². The van der Waals surface area contributed by atoms with Gasteiger partial charge in [-0.05, 0) is 75.9 Å². The minimum atomic E-state index is -1.02. The van der Waals surface area contributed by atoms with Gasteiger partial charge in [-0.25, -0.2) is 4.79 Å². The van der Waals surface area contributed by atoms with Gasteiger partial charge >= 0.3 is 6.09 Å². The smallest absolute Gasteiger partial charge is 0.408 e. The second-order valence-electron chi connectivity index (χ2n) is 11.2. The number of benzene rings is 2. The average molecular weight is 548 g/mol. The van der Waals surface area contributed by atoms with E-state index in [9.17, 15) is 19.5 Å². The van der Waals surface area contributed by atoms with E-state index in [0.717, 1.165) is 37.7 Å². The molecule has 0 spiro atoms. The van der Waals surface area contributed by atoms with Crippen molar-refractivity contribution in [3.05, 3.63) is 65.2 Å². The van der Waals surface area contributed by atoms with E-state index >= 15 is 0 Å². The zero-order valence-corrected chi connectivity index (χ0v) is 23.9. The van der Waals surface area contributed by atoms with Crippen LogP contribution in [0.25, 0.3) is 0 Å². The molecule has 1 aliphatic carbocycles. The van der Waals surface area contributed by atoms with Crippen molar-refractivity contribution in [3.8, 4) is 18.1 Å². The van der Waals surface area contributed by atoms with E-state index in [-0.39, 0.29) is 30.7 Å². The maximum absolute atomic E-state index is 14.2. The minimum Gasteiger partial charge on any atom is -0.508 e. The standard InChI is InChI=1S/C32H41N3O5/c1-6-22-13-17-24(18-14-22)28(29(37)33-25-11-9-8-10-12-25)35(7-2)30(38)27(34-31(39)40-32(3,4)5)21-23-15-19-26(36)20-16-23/h1,13-20,25,27-28,36H,7-12,21H2,2-5H3,(H,33,37)(H,34,39). The molecule has 8 heteroatoms. The zero-order chi connectivity index (χ0) is 29.3. The van der Waals surface area contributed by atoms with Crippen LogP contribution >= 0.6 is 0 Å². The Morgan fingerprint density at radius 1 is 1.05 bits per heavy atom. The monoisotopic (exact) mass is 547 g/mol. The van der Waals surface area contributed by atoms with Crippen LogP contribution in [-0.2, 0) is 20.7 Å². The fourth-order valence-electron chi connectivity index (χ4n) is 4.94. The highest BCUT2D eigenvalue weighted by Crippen LogP contribution is 2.26. The van der Waals surface area contributed by atoms with E-state index in [2.05, 4.69) is 16.6 Å². The third kappa shape index (κ3) is 8.77. The Bertz CT molecular complexity index is 1190. The summed E-state index contributed by atoms with van der Waals surface area (Å²) in [7, 11) is 0. The molecule has 2 aromatic rings. The maximum atomic E-state index is 14.2. The van der Waals surface area contributed by atoms with E-state index < -0.39 is 29.7 Å². The van der Waals surface area contributed by atoms with Crippen molar-refractivity contribution in [2.45, 2.75) is 89.9 Å². The zero-order valence-electron chi connectivity index (χ0n) is 23.9. The van der Waals surface area contributed by atoms with Gasteiger partial charge in [0.2, 0.25) is 11.8 Å². The van der Waals surface area contributed by atoms with Gasteiger partial charge in [-0.15, -0.1) is 6.42 Å². The number of phenols is 1. The molecule has 8 nitrogen and oxygen atoms in total. The van der Waals surface area contributed by atoms with Gasteiger partial charge in [0.15, 0.2) is 0 Å². The van der Waals surface area contributed by atoms with Gasteiger partial charge in [0, 0.05) is 24.6 Å². The summed E-state index contributed by atoms with van der Waals surface area (Å²) in [4.78, 5) is 42.3. The summed E-state index contributed by atoms with van der Waals surface area (Å²) in [5, 5.41) is 15.6. The van der Waals surface area contributed by atoms with Gasteiger partial charge in [0.25, 0.3) is 0 Å². The number of hydrogen-bond acceptors (Lipinski definition) is 5. The number of nitrogens with zero attached hydrogens (tertiary/aromatic N) is 1. The van der Waals surface area contributed by atoms with Crippen LogP contribution in [0.2, 0.25) is 0 Å². The van der Waals surface area contributed by atoms with E-state index in [1.54, 1.807) is 64.1 Å². The summed E-state index contributed by atoms with van der Waals surface area (Å²) in [5.41, 5.74) is 1.26. The maximum Gasteiger partial charge on any atom is 0.408 e. The van der Waals surface area contributed by atoms with Gasteiger partial charge in [0.05, 0.1) is 0 Å². The van der Waals surface area contributed by atoms with Crippen molar-refractivity contribution in [1.82, 2.24) is 15.5 Å². The first kappa shape index (κ1) is 30.6. The number of nitrogens with one attached hydrogen (secondary N) is 2. The topological polar surface area (TPSA) is 108 Å². The Balaban J connectivity index is 1.96.